The molecular weight excluding hydrogens is 259 g/mol. The fourth-order valence-corrected chi connectivity index (χ4v) is 0.192. The predicted molar refractivity (Wildman–Crippen MR) is 19.9 cm³/mol. The molecule has 1 heterocycles. The van der Waals surface area contributed by atoms with Crippen LogP contribution >= 0.6 is 0 Å². The van der Waals surface area contributed by atoms with Crippen molar-refractivity contribution in [2.45, 2.75) is 6.10 Å². The van der Waals surface area contributed by atoms with E-state index in [-0.39, 0.29) is 21.1 Å². The summed E-state index contributed by atoms with van der Waals surface area (Å²) in [6.45, 7) is 4.39. The van der Waals surface area contributed by atoms with Crippen molar-refractivity contribution in [2.24, 2.45) is 0 Å². The van der Waals surface area contributed by atoms with Gasteiger partial charge in [-0.1, -0.05) is 6.08 Å². The first-order valence-electron chi connectivity index (χ1n) is 1.67. The van der Waals surface area contributed by atoms with Gasteiger partial charge < -0.3 is 4.74 Å². The van der Waals surface area contributed by atoms with E-state index in [0.29, 0.717) is 6.10 Å². The van der Waals surface area contributed by atoms with Gasteiger partial charge in [0.1, 0.15) is 0 Å². The maximum atomic E-state index is 4.74. The smallest absolute Gasteiger partial charge is 0.0988 e. The van der Waals surface area contributed by atoms with E-state index in [0.717, 1.165) is 6.61 Å². The molecule has 1 aliphatic rings. The van der Waals surface area contributed by atoms with Crippen LogP contribution in [-0.4, -0.2) is 12.7 Å². The Kier molecular flexibility index (Phi) is 2.71. The van der Waals surface area contributed by atoms with Crippen molar-refractivity contribution in [3.63, 3.8) is 0 Å². The second kappa shape index (κ2) is 2.54. The van der Waals surface area contributed by atoms with Gasteiger partial charge in [-0.3, -0.25) is 0 Å². The van der Waals surface area contributed by atoms with Crippen LogP contribution in [0, 0.1) is 0 Å². The van der Waals surface area contributed by atoms with Crippen molar-refractivity contribution in [1.82, 2.24) is 0 Å². The molecule has 38 valence electrons. The van der Waals surface area contributed by atoms with Crippen LogP contribution in [0.25, 0.3) is 0 Å². The van der Waals surface area contributed by atoms with Gasteiger partial charge in [-0.2, -0.15) is 0 Å². The second-order valence-electron chi connectivity index (χ2n) is 1.11. The van der Waals surface area contributed by atoms with Gasteiger partial charge in [0.2, 0.25) is 0 Å². The molecule has 1 fully saturated rings. The van der Waals surface area contributed by atoms with Gasteiger partial charge in [-0.25, -0.2) is 0 Å². The Bertz CT molecular complexity index is 49.5. The first-order valence-corrected chi connectivity index (χ1v) is 1.67. The molecule has 2 heteroatoms. The number of rotatable bonds is 1. The van der Waals surface area contributed by atoms with Gasteiger partial charge in [0.15, 0.2) is 0 Å². The summed E-state index contributed by atoms with van der Waals surface area (Å²) < 4.78 is 4.74. The molecule has 0 N–H and O–H groups in total. The van der Waals surface area contributed by atoms with Crippen LogP contribution in [0.3, 0.4) is 0 Å². The molecule has 0 aromatic carbocycles. The van der Waals surface area contributed by atoms with Crippen LogP contribution in [0.5, 0.6) is 0 Å². The van der Waals surface area contributed by atoms with E-state index in [2.05, 4.69) is 6.58 Å². The summed E-state index contributed by atoms with van der Waals surface area (Å²) in [5.74, 6) is 0. The van der Waals surface area contributed by atoms with Crippen LogP contribution in [0.15, 0.2) is 12.7 Å². The second-order valence-corrected chi connectivity index (χ2v) is 1.11. The summed E-state index contributed by atoms with van der Waals surface area (Å²) in [5, 5.41) is 0. The van der Waals surface area contributed by atoms with Gasteiger partial charge in [-0.15, -0.1) is 6.58 Å². The summed E-state index contributed by atoms with van der Waals surface area (Å²) in [6, 6.07) is 0. The Labute approximate surface area is 51.6 Å². The number of hydrogen-bond acceptors (Lipinski definition) is 1. The predicted octanol–water partition coefficient (Wildman–Crippen LogP) is 0.569. The quantitative estimate of drug-likeness (QED) is 0.499. The zero-order chi connectivity index (χ0) is 3.70. The van der Waals surface area contributed by atoms with Crippen LogP contribution < -0.4 is 0 Å². The van der Waals surface area contributed by atoms with Crippen LogP contribution in [0.1, 0.15) is 0 Å². The molecule has 0 aromatic heterocycles. The average Bonchev–Trinajstić information content (AvgIpc) is 2.12. The van der Waals surface area contributed by atoms with Crippen molar-refractivity contribution in [3.8, 4) is 0 Å². The molecule has 6 heavy (non-hydrogen) atoms. The molecule has 0 aliphatic carbocycles. The zero-order valence-corrected chi connectivity index (χ0v) is 5.57. The van der Waals surface area contributed by atoms with Gasteiger partial charge in [0.25, 0.3) is 0 Å². The van der Waals surface area contributed by atoms with E-state index in [1.807, 2.05) is 0 Å². The van der Waals surface area contributed by atoms with Crippen molar-refractivity contribution >= 4 is 0 Å². The van der Waals surface area contributed by atoms with Gasteiger partial charge in [-0.05, 0) is 0 Å². The van der Waals surface area contributed by atoms with E-state index >= 15 is 0 Å². The molecule has 0 bridgehead atoms. The van der Waals surface area contributed by atoms with Gasteiger partial charge >= 0.3 is 0 Å². The summed E-state index contributed by atoms with van der Waals surface area (Å²) in [6.07, 6.45) is 2.20. The molecular formula is C4H6OPt. The summed E-state index contributed by atoms with van der Waals surface area (Å²) in [7, 11) is 0. The first kappa shape index (κ1) is 6.39. The summed E-state index contributed by atoms with van der Waals surface area (Å²) in [5.41, 5.74) is 0. The maximum absolute atomic E-state index is 4.74. The van der Waals surface area contributed by atoms with Gasteiger partial charge in [0, 0.05) is 21.1 Å². The molecule has 1 nitrogen and oxygen atoms in total. The number of hydrogen-bond donors (Lipinski definition) is 0. The molecule has 1 saturated heterocycles. The minimum atomic E-state index is 0. The molecule has 1 rings (SSSR count). The standard InChI is InChI=1S/C4H6O.Pt/c1-2-4-3-5-4;/h2,4H,1,3H2;. The third-order valence-electron chi connectivity index (χ3n) is 0.622. The maximum Gasteiger partial charge on any atom is 0.0988 e. The third-order valence-corrected chi connectivity index (χ3v) is 0.622. The largest absolute Gasteiger partial charge is 0.369 e. The average molecular weight is 265 g/mol. The zero-order valence-electron chi connectivity index (χ0n) is 3.29. The molecule has 0 amide bonds. The molecule has 1 aliphatic heterocycles. The third kappa shape index (κ3) is 1.74. The van der Waals surface area contributed by atoms with Gasteiger partial charge in [0.05, 0.1) is 12.7 Å². The first-order chi connectivity index (χ1) is 2.43. The van der Waals surface area contributed by atoms with Crippen molar-refractivity contribution in [1.29, 1.82) is 0 Å². The Balaban J connectivity index is 0.000000250. The van der Waals surface area contributed by atoms with E-state index in [1.165, 1.54) is 0 Å². The van der Waals surface area contributed by atoms with E-state index in [4.69, 9.17) is 4.74 Å². The van der Waals surface area contributed by atoms with Crippen molar-refractivity contribution < 1.29 is 25.8 Å². The minimum absolute atomic E-state index is 0. The Morgan fingerprint density at radius 2 is 2.33 bits per heavy atom. The Hall–Kier alpha value is 0.388. The normalized spacial score (nSPS) is 27.7. The van der Waals surface area contributed by atoms with Crippen molar-refractivity contribution in [2.75, 3.05) is 6.61 Å². The fourth-order valence-electron chi connectivity index (χ4n) is 0.192. The van der Waals surface area contributed by atoms with Crippen molar-refractivity contribution in [3.05, 3.63) is 12.7 Å². The minimum Gasteiger partial charge on any atom is -0.369 e. The van der Waals surface area contributed by atoms with Crippen LogP contribution in [0.4, 0.5) is 0 Å². The number of epoxide rings is 1. The Morgan fingerprint density at radius 1 is 1.83 bits per heavy atom. The summed E-state index contributed by atoms with van der Waals surface area (Å²) >= 11 is 0. The van der Waals surface area contributed by atoms with E-state index in [1.54, 1.807) is 6.08 Å². The molecule has 0 saturated carbocycles. The molecule has 0 spiro atoms. The monoisotopic (exact) mass is 265 g/mol. The molecule has 0 aromatic rings. The van der Waals surface area contributed by atoms with E-state index < -0.39 is 0 Å². The molecule has 0 radical (unpaired) electrons. The Morgan fingerprint density at radius 3 is 2.33 bits per heavy atom. The van der Waals surface area contributed by atoms with E-state index in [9.17, 15) is 0 Å². The fraction of sp³-hybridized carbons (Fsp3) is 0.500. The number of ether oxygens (including phenoxy) is 1. The summed E-state index contributed by atoms with van der Waals surface area (Å²) in [4.78, 5) is 0. The van der Waals surface area contributed by atoms with Crippen LogP contribution in [-0.2, 0) is 25.8 Å². The molecule has 1 unspecified atom stereocenters. The molecule has 1 atom stereocenters. The topological polar surface area (TPSA) is 12.5 Å². The SMILES string of the molecule is C=CC1CO1.[Pt]. The van der Waals surface area contributed by atoms with Crippen LogP contribution in [0.2, 0.25) is 0 Å².